The van der Waals surface area contributed by atoms with Gasteiger partial charge >= 0.3 is 0 Å². The van der Waals surface area contributed by atoms with Crippen LogP contribution in [0.15, 0.2) is 28.7 Å². The lowest BCUT2D eigenvalue weighted by atomic mass is 9.98. The lowest BCUT2D eigenvalue weighted by Gasteiger charge is -2.09. The summed E-state index contributed by atoms with van der Waals surface area (Å²) in [6, 6.07) is 8.40. The molecule has 1 aliphatic carbocycles. The van der Waals surface area contributed by atoms with Crippen molar-refractivity contribution < 1.29 is 5.11 Å². The van der Waals surface area contributed by atoms with Crippen molar-refractivity contribution in [2.24, 2.45) is 0 Å². The van der Waals surface area contributed by atoms with E-state index in [2.05, 4.69) is 34.1 Å². The summed E-state index contributed by atoms with van der Waals surface area (Å²) in [6.07, 6.45) is 2.93. The van der Waals surface area contributed by atoms with Gasteiger partial charge in [0, 0.05) is 4.47 Å². The molecular formula is C11H13BrO. The standard InChI is InChI=1S/C11H13BrO/c12-10-3-1-2-8(6-10)9-4-5-11(13)7-9/h1-3,6,9,11,13H,4-5,7H2. The molecule has 0 radical (unpaired) electrons. The van der Waals surface area contributed by atoms with Gasteiger partial charge in [-0.3, -0.25) is 0 Å². The maximum atomic E-state index is 9.42. The molecule has 0 spiro atoms. The number of hydrogen-bond donors (Lipinski definition) is 1. The van der Waals surface area contributed by atoms with E-state index >= 15 is 0 Å². The Hall–Kier alpha value is -0.340. The van der Waals surface area contributed by atoms with E-state index < -0.39 is 0 Å². The highest BCUT2D eigenvalue weighted by atomic mass is 79.9. The van der Waals surface area contributed by atoms with Crippen LogP contribution in [-0.2, 0) is 0 Å². The summed E-state index contributed by atoms with van der Waals surface area (Å²) in [5.74, 6) is 0.562. The van der Waals surface area contributed by atoms with Crippen molar-refractivity contribution in [2.45, 2.75) is 31.3 Å². The number of rotatable bonds is 1. The topological polar surface area (TPSA) is 20.2 Å². The summed E-state index contributed by atoms with van der Waals surface area (Å²) in [5.41, 5.74) is 1.35. The molecule has 70 valence electrons. The van der Waals surface area contributed by atoms with Crippen molar-refractivity contribution in [3.8, 4) is 0 Å². The Morgan fingerprint density at radius 2 is 2.15 bits per heavy atom. The number of benzene rings is 1. The van der Waals surface area contributed by atoms with Gasteiger partial charge in [-0.1, -0.05) is 28.1 Å². The van der Waals surface area contributed by atoms with E-state index in [4.69, 9.17) is 0 Å². The van der Waals surface area contributed by atoms with E-state index in [0.29, 0.717) is 5.92 Å². The van der Waals surface area contributed by atoms with Gasteiger partial charge in [0.2, 0.25) is 0 Å². The first-order valence-corrected chi connectivity index (χ1v) is 5.48. The Morgan fingerprint density at radius 1 is 1.31 bits per heavy atom. The highest BCUT2D eigenvalue weighted by molar-refractivity contribution is 9.10. The molecule has 0 aromatic heterocycles. The van der Waals surface area contributed by atoms with Crippen molar-refractivity contribution in [1.82, 2.24) is 0 Å². The molecule has 1 saturated carbocycles. The first-order valence-electron chi connectivity index (χ1n) is 4.69. The van der Waals surface area contributed by atoms with Gasteiger partial charge < -0.3 is 5.11 Å². The minimum atomic E-state index is -0.0796. The molecule has 0 amide bonds. The third-order valence-electron chi connectivity index (χ3n) is 2.73. The van der Waals surface area contributed by atoms with Crippen molar-refractivity contribution >= 4 is 15.9 Å². The van der Waals surface area contributed by atoms with Gasteiger partial charge in [0.25, 0.3) is 0 Å². The lowest BCUT2D eigenvalue weighted by Crippen LogP contribution is -1.99. The Bertz CT molecular complexity index is 298. The van der Waals surface area contributed by atoms with Crippen molar-refractivity contribution in [3.05, 3.63) is 34.3 Å². The molecule has 1 aromatic carbocycles. The number of hydrogen-bond acceptors (Lipinski definition) is 1. The van der Waals surface area contributed by atoms with Gasteiger partial charge in [0.15, 0.2) is 0 Å². The van der Waals surface area contributed by atoms with E-state index in [1.165, 1.54) is 5.56 Å². The molecule has 1 nitrogen and oxygen atoms in total. The molecule has 1 aliphatic rings. The van der Waals surface area contributed by atoms with Crippen LogP contribution in [0.2, 0.25) is 0 Å². The zero-order chi connectivity index (χ0) is 9.26. The van der Waals surface area contributed by atoms with Gasteiger partial charge in [0.1, 0.15) is 0 Å². The summed E-state index contributed by atoms with van der Waals surface area (Å²) >= 11 is 3.46. The normalized spacial score (nSPS) is 27.8. The summed E-state index contributed by atoms with van der Waals surface area (Å²) in [6.45, 7) is 0. The van der Waals surface area contributed by atoms with Crippen LogP contribution in [0.1, 0.15) is 30.7 Å². The highest BCUT2D eigenvalue weighted by Crippen LogP contribution is 2.35. The molecule has 1 N–H and O–H groups in total. The SMILES string of the molecule is OC1CCC(c2cccc(Br)c2)C1. The van der Waals surface area contributed by atoms with E-state index in [1.54, 1.807) is 0 Å². The van der Waals surface area contributed by atoms with Gasteiger partial charge in [-0.25, -0.2) is 0 Å². The van der Waals surface area contributed by atoms with Gasteiger partial charge in [-0.05, 0) is 42.9 Å². The summed E-state index contributed by atoms with van der Waals surface area (Å²) < 4.78 is 1.13. The number of aliphatic hydroxyl groups excluding tert-OH is 1. The quantitative estimate of drug-likeness (QED) is 0.801. The Kier molecular flexibility index (Phi) is 2.70. The second-order valence-electron chi connectivity index (χ2n) is 3.72. The fraction of sp³-hybridized carbons (Fsp3) is 0.455. The van der Waals surface area contributed by atoms with E-state index in [0.717, 1.165) is 23.7 Å². The van der Waals surface area contributed by atoms with E-state index in [-0.39, 0.29) is 6.10 Å². The largest absolute Gasteiger partial charge is 0.393 e. The average Bonchev–Trinajstić information content (AvgIpc) is 2.52. The second kappa shape index (κ2) is 3.81. The summed E-state index contributed by atoms with van der Waals surface area (Å²) in [7, 11) is 0. The molecule has 1 aromatic rings. The summed E-state index contributed by atoms with van der Waals surface area (Å²) in [4.78, 5) is 0. The molecule has 0 saturated heterocycles. The molecule has 2 atom stereocenters. The van der Waals surface area contributed by atoms with Crippen molar-refractivity contribution in [1.29, 1.82) is 0 Å². The molecule has 1 fully saturated rings. The Morgan fingerprint density at radius 3 is 2.77 bits per heavy atom. The number of halogens is 1. The van der Waals surface area contributed by atoms with E-state index in [1.807, 2.05) is 6.07 Å². The molecular weight excluding hydrogens is 228 g/mol. The monoisotopic (exact) mass is 240 g/mol. The smallest absolute Gasteiger partial charge is 0.0546 e. The average molecular weight is 241 g/mol. The van der Waals surface area contributed by atoms with Crippen LogP contribution in [0, 0.1) is 0 Å². The first kappa shape index (κ1) is 9.22. The molecule has 0 heterocycles. The third kappa shape index (κ3) is 2.12. The Balaban J connectivity index is 2.16. The van der Waals surface area contributed by atoms with Crippen LogP contribution in [0.5, 0.6) is 0 Å². The van der Waals surface area contributed by atoms with Crippen LogP contribution in [0.25, 0.3) is 0 Å². The number of aliphatic hydroxyl groups is 1. The van der Waals surface area contributed by atoms with Crippen LogP contribution in [0.3, 0.4) is 0 Å². The predicted octanol–water partition coefficient (Wildman–Crippen LogP) is 3.08. The predicted molar refractivity (Wildman–Crippen MR) is 56.7 cm³/mol. The maximum Gasteiger partial charge on any atom is 0.0546 e. The van der Waals surface area contributed by atoms with Gasteiger partial charge in [0.05, 0.1) is 6.10 Å². The zero-order valence-corrected chi connectivity index (χ0v) is 9.00. The molecule has 2 heteroatoms. The molecule has 2 unspecified atom stereocenters. The van der Waals surface area contributed by atoms with Crippen molar-refractivity contribution in [2.75, 3.05) is 0 Å². The lowest BCUT2D eigenvalue weighted by molar-refractivity contribution is 0.181. The molecule has 0 aliphatic heterocycles. The third-order valence-corrected chi connectivity index (χ3v) is 3.22. The van der Waals surface area contributed by atoms with Crippen LogP contribution in [0.4, 0.5) is 0 Å². The second-order valence-corrected chi connectivity index (χ2v) is 4.63. The summed E-state index contributed by atoms with van der Waals surface area (Å²) in [5, 5.41) is 9.42. The minimum Gasteiger partial charge on any atom is -0.393 e. The van der Waals surface area contributed by atoms with Crippen LogP contribution in [-0.4, -0.2) is 11.2 Å². The van der Waals surface area contributed by atoms with Crippen LogP contribution >= 0.6 is 15.9 Å². The molecule has 0 bridgehead atoms. The maximum absolute atomic E-state index is 9.42. The highest BCUT2D eigenvalue weighted by Gasteiger charge is 2.23. The zero-order valence-electron chi connectivity index (χ0n) is 7.41. The molecule has 2 rings (SSSR count). The van der Waals surface area contributed by atoms with Gasteiger partial charge in [-0.15, -0.1) is 0 Å². The fourth-order valence-corrected chi connectivity index (χ4v) is 2.44. The van der Waals surface area contributed by atoms with Crippen LogP contribution < -0.4 is 0 Å². The van der Waals surface area contributed by atoms with E-state index in [9.17, 15) is 5.11 Å². The minimum absolute atomic E-state index is 0.0796. The fourth-order valence-electron chi connectivity index (χ4n) is 2.02. The first-order chi connectivity index (χ1) is 6.25. The molecule has 13 heavy (non-hydrogen) atoms. The van der Waals surface area contributed by atoms with Crippen molar-refractivity contribution in [3.63, 3.8) is 0 Å². The Labute approximate surface area is 86.9 Å². The van der Waals surface area contributed by atoms with Gasteiger partial charge in [-0.2, -0.15) is 0 Å².